The van der Waals surface area contributed by atoms with Gasteiger partial charge < -0.3 is 10.4 Å². The second-order valence-corrected chi connectivity index (χ2v) is 4.03. The standard InChI is InChI=1S/C15H14N2O2/c1-11(18)10-14(12-6-4-5-9-16-12)17-13-7-2-3-8-15(13)19/h2-10,17,19H,1H3. The van der Waals surface area contributed by atoms with E-state index in [0.29, 0.717) is 17.1 Å². The second kappa shape index (κ2) is 5.82. The molecule has 1 aromatic heterocycles. The zero-order valence-electron chi connectivity index (χ0n) is 10.5. The van der Waals surface area contributed by atoms with Crippen LogP contribution >= 0.6 is 0 Å². The Kier molecular flexibility index (Phi) is 3.93. The summed E-state index contributed by atoms with van der Waals surface area (Å²) in [7, 11) is 0. The van der Waals surface area contributed by atoms with E-state index in [2.05, 4.69) is 10.3 Å². The van der Waals surface area contributed by atoms with Crippen LogP contribution in [0.1, 0.15) is 12.6 Å². The van der Waals surface area contributed by atoms with Gasteiger partial charge in [0.05, 0.1) is 17.1 Å². The number of hydrogen-bond donors (Lipinski definition) is 2. The molecular weight excluding hydrogens is 240 g/mol. The van der Waals surface area contributed by atoms with Gasteiger partial charge in [-0.25, -0.2) is 0 Å². The minimum Gasteiger partial charge on any atom is -0.506 e. The molecule has 0 bridgehead atoms. The molecule has 19 heavy (non-hydrogen) atoms. The molecule has 2 rings (SSSR count). The maximum absolute atomic E-state index is 11.3. The van der Waals surface area contributed by atoms with Crippen molar-refractivity contribution in [3.63, 3.8) is 0 Å². The second-order valence-electron chi connectivity index (χ2n) is 4.03. The number of aromatic hydroxyl groups is 1. The lowest BCUT2D eigenvalue weighted by Gasteiger charge is -2.11. The third kappa shape index (κ3) is 3.42. The highest BCUT2D eigenvalue weighted by Gasteiger charge is 2.07. The van der Waals surface area contributed by atoms with Crippen LogP contribution in [-0.2, 0) is 4.79 Å². The van der Waals surface area contributed by atoms with Gasteiger partial charge in [-0.3, -0.25) is 9.78 Å². The fourth-order valence-corrected chi connectivity index (χ4v) is 1.62. The van der Waals surface area contributed by atoms with E-state index in [1.54, 1.807) is 42.6 Å². The summed E-state index contributed by atoms with van der Waals surface area (Å²) in [6.45, 7) is 1.47. The van der Waals surface area contributed by atoms with Crippen molar-refractivity contribution in [2.45, 2.75) is 6.92 Å². The molecule has 0 saturated carbocycles. The van der Waals surface area contributed by atoms with Crippen molar-refractivity contribution < 1.29 is 9.90 Å². The molecule has 0 saturated heterocycles. The molecule has 0 aliphatic carbocycles. The molecular formula is C15H14N2O2. The number of rotatable bonds is 4. The number of hydrogen-bond acceptors (Lipinski definition) is 4. The predicted octanol–water partition coefficient (Wildman–Crippen LogP) is 2.83. The first-order valence-electron chi connectivity index (χ1n) is 5.85. The summed E-state index contributed by atoms with van der Waals surface area (Å²) in [5.41, 5.74) is 1.72. The Morgan fingerprint density at radius 2 is 1.95 bits per heavy atom. The van der Waals surface area contributed by atoms with E-state index in [1.165, 1.54) is 13.0 Å². The van der Waals surface area contributed by atoms with Crippen molar-refractivity contribution in [1.82, 2.24) is 4.98 Å². The molecule has 4 nitrogen and oxygen atoms in total. The molecule has 2 aromatic rings. The van der Waals surface area contributed by atoms with Crippen molar-refractivity contribution in [2.75, 3.05) is 5.32 Å². The number of aromatic nitrogens is 1. The number of allylic oxidation sites excluding steroid dienone is 1. The van der Waals surface area contributed by atoms with Gasteiger partial charge in [0.25, 0.3) is 0 Å². The summed E-state index contributed by atoms with van der Waals surface area (Å²) in [6.07, 6.45) is 3.10. The predicted molar refractivity (Wildman–Crippen MR) is 74.6 cm³/mol. The normalized spacial score (nSPS) is 11.1. The fraction of sp³-hybridized carbons (Fsp3) is 0.0667. The molecule has 4 heteroatoms. The Morgan fingerprint density at radius 3 is 2.58 bits per heavy atom. The molecule has 2 N–H and O–H groups in total. The van der Waals surface area contributed by atoms with Gasteiger partial charge in [0.2, 0.25) is 0 Å². The first kappa shape index (κ1) is 12.8. The van der Waals surface area contributed by atoms with Crippen LogP contribution < -0.4 is 5.32 Å². The monoisotopic (exact) mass is 254 g/mol. The smallest absolute Gasteiger partial charge is 0.154 e. The molecule has 1 aromatic carbocycles. The average molecular weight is 254 g/mol. The summed E-state index contributed by atoms with van der Waals surface area (Å²) in [5.74, 6) is 0.0245. The van der Waals surface area contributed by atoms with Gasteiger partial charge in [-0.1, -0.05) is 18.2 Å². The number of phenols is 1. The first-order valence-corrected chi connectivity index (χ1v) is 5.85. The third-order valence-corrected chi connectivity index (χ3v) is 2.46. The summed E-state index contributed by atoms with van der Waals surface area (Å²) >= 11 is 0. The molecule has 0 unspecified atom stereocenters. The Bertz CT molecular complexity index is 607. The van der Waals surface area contributed by atoms with E-state index in [9.17, 15) is 9.90 Å². The Balaban J connectivity index is 2.36. The molecule has 0 amide bonds. The topological polar surface area (TPSA) is 62.2 Å². The number of phenolic OH excluding ortho intramolecular Hbond substituents is 1. The average Bonchev–Trinajstić information content (AvgIpc) is 2.41. The minimum absolute atomic E-state index is 0.0939. The number of pyridine rings is 1. The highest BCUT2D eigenvalue weighted by molar-refractivity contribution is 5.97. The Hall–Kier alpha value is -2.62. The summed E-state index contributed by atoms with van der Waals surface area (Å²) in [6, 6.07) is 12.3. The summed E-state index contributed by atoms with van der Waals surface area (Å²) < 4.78 is 0. The lowest BCUT2D eigenvalue weighted by molar-refractivity contribution is -0.112. The zero-order valence-corrected chi connectivity index (χ0v) is 10.5. The van der Waals surface area contributed by atoms with Gasteiger partial charge in [0, 0.05) is 12.3 Å². The molecule has 0 aliphatic heterocycles. The number of carbonyl (C=O) groups is 1. The fourth-order valence-electron chi connectivity index (χ4n) is 1.62. The van der Waals surface area contributed by atoms with E-state index >= 15 is 0 Å². The number of nitrogens with zero attached hydrogens (tertiary/aromatic N) is 1. The number of anilines is 1. The highest BCUT2D eigenvalue weighted by Crippen LogP contribution is 2.25. The van der Waals surface area contributed by atoms with Gasteiger partial charge >= 0.3 is 0 Å². The SMILES string of the molecule is CC(=O)C=C(Nc1ccccc1O)c1ccccn1. The first-order chi connectivity index (χ1) is 9.16. The van der Waals surface area contributed by atoms with E-state index in [1.807, 2.05) is 6.07 Å². The van der Waals surface area contributed by atoms with Crippen LogP contribution in [0.15, 0.2) is 54.7 Å². The van der Waals surface area contributed by atoms with Crippen LogP contribution in [0.4, 0.5) is 5.69 Å². The van der Waals surface area contributed by atoms with Crippen molar-refractivity contribution in [3.05, 3.63) is 60.4 Å². The van der Waals surface area contributed by atoms with Crippen LogP contribution in [-0.4, -0.2) is 15.9 Å². The van der Waals surface area contributed by atoms with Crippen LogP contribution in [0.25, 0.3) is 5.70 Å². The maximum atomic E-state index is 11.3. The van der Waals surface area contributed by atoms with Crippen LogP contribution in [0.3, 0.4) is 0 Å². The lowest BCUT2D eigenvalue weighted by Crippen LogP contribution is -2.03. The Labute approximate surface area is 111 Å². The maximum Gasteiger partial charge on any atom is 0.154 e. The number of carbonyl (C=O) groups excluding carboxylic acids is 1. The summed E-state index contributed by atoms with van der Waals surface area (Å²) in [4.78, 5) is 15.5. The summed E-state index contributed by atoms with van der Waals surface area (Å²) in [5, 5.41) is 12.8. The molecule has 96 valence electrons. The number of para-hydroxylation sites is 2. The molecule has 0 atom stereocenters. The number of ketones is 1. The van der Waals surface area contributed by atoms with Crippen LogP contribution in [0, 0.1) is 0 Å². The van der Waals surface area contributed by atoms with Crippen molar-refractivity contribution in [1.29, 1.82) is 0 Å². The van der Waals surface area contributed by atoms with Crippen molar-refractivity contribution >= 4 is 17.2 Å². The van der Waals surface area contributed by atoms with Gasteiger partial charge in [-0.15, -0.1) is 0 Å². The quantitative estimate of drug-likeness (QED) is 0.650. The van der Waals surface area contributed by atoms with Crippen molar-refractivity contribution in [3.8, 4) is 5.75 Å². The zero-order chi connectivity index (χ0) is 13.7. The molecule has 0 radical (unpaired) electrons. The minimum atomic E-state index is -0.0939. The van der Waals surface area contributed by atoms with E-state index in [4.69, 9.17) is 0 Å². The largest absolute Gasteiger partial charge is 0.506 e. The van der Waals surface area contributed by atoms with E-state index < -0.39 is 0 Å². The lowest BCUT2D eigenvalue weighted by atomic mass is 10.2. The van der Waals surface area contributed by atoms with Crippen LogP contribution in [0.5, 0.6) is 5.75 Å². The Morgan fingerprint density at radius 1 is 1.21 bits per heavy atom. The van der Waals surface area contributed by atoms with Gasteiger partial charge in [-0.2, -0.15) is 0 Å². The number of nitrogens with one attached hydrogen (secondary N) is 1. The molecule has 1 heterocycles. The van der Waals surface area contributed by atoms with Crippen molar-refractivity contribution in [2.24, 2.45) is 0 Å². The third-order valence-electron chi connectivity index (χ3n) is 2.46. The number of benzene rings is 1. The molecule has 0 spiro atoms. The van der Waals surface area contributed by atoms with Gasteiger partial charge in [0.1, 0.15) is 5.75 Å². The van der Waals surface area contributed by atoms with E-state index in [0.717, 1.165) is 0 Å². The molecule has 0 fully saturated rings. The van der Waals surface area contributed by atoms with Gasteiger partial charge in [-0.05, 0) is 31.2 Å². The molecule has 0 aliphatic rings. The highest BCUT2D eigenvalue weighted by atomic mass is 16.3. The van der Waals surface area contributed by atoms with Gasteiger partial charge in [0.15, 0.2) is 5.78 Å². The van der Waals surface area contributed by atoms with E-state index in [-0.39, 0.29) is 11.5 Å². The van der Waals surface area contributed by atoms with Crippen LogP contribution in [0.2, 0.25) is 0 Å².